The number of hydrogen-bond donors (Lipinski definition) is 2. The molecule has 1 amide bonds. The second-order valence-electron chi connectivity index (χ2n) is 5.11. The lowest BCUT2D eigenvalue weighted by atomic mass is 9.84. The van der Waals surface area contributed by atoms with E-state index in [9.17, 15) is 20.0 Å². The first kappa shape index (κ1) is 15.4. The van der Waals surface area contributed by atoms with Crippen LogP contribution < -0.4 is 5.73 Å². The number of ether oxygens (including phenoxy) is 2. The van der Waals surface area contributed by atoms with Gasteiger partial charge in [-0.05, 0) is 12.1 Å². The zero-order chi connectivity index (χ0) is 16.5. The number of primary amides is 1. The summed E-state index contributed by atoms with van der Waals surface area (Å²) in [5, 5.41) is 19.2. The van der Waals surface area contributed by atoms with Crippen molar-refractivity contribution in [2.75, 3.05) is 0 Å². The lowest BCUT2D eigenvalue weighted by Crippen LogP contribution is -2.40. The maximum absolute atomic E-state index is 12.2. The molecule has 0 aliphatic carbocycles. The number of nitriles is 1. The number of furan rings is 1. The minimum absolute atomic E-state index is 0.104. The van der Waals surface area contributed by atoms with Crippen LogP contribution in [0.4, 0.5) is 0 Å². The number of hydrogen-bond acceptors (Lipinski definition) is 7. The van der Waals surface area contributed by atoms with Crippen molar-refractivity contribution in [3.05, 3.63) is 35.7 Å². The smallest absolute Gasteiger partial charge is 0.345 e. The van der Waals surface area contributed by atoms with E-state index in [1.807, 2.05) is 0 Å². The van der Waals surface area contributed by atoms with Crippen LogP contribution in [0.15, 0.2) is 34.3 Å². The zero-order valence-electron chi connectivity index (χ0n) is 11.9. The van der Waals surface area contributed by atoms with E-state index < -0.39 is 35.4 Å². The number of rotatable bonds is 4. The molecule has 2 rings (SSSR count). The Hall–Kier alpha value is -2.95. The minimum Gasteiger partial charge on any atom is -0.480 e. The number of esters is 1. The third-order valence-corrected chi connectivity index (χ3v) is 3.07. The van der Waals surface area contributed by atoms with Gasteiger partial charge in [-0.3, -0.25) is 4.79 Å². The summed E-state index contributed by atoms with van der Waals surface area (Å²) in [5.74, 6) is -6.57. The molecular weight excluding hydrogens is 292 g/mol. The minimum atomic E-state index is -1.44. The molecule has 0 fully saturated rings. The Morgan fingerprint density at radius 1 is 1.45 bits per heavy atom. The maximum atomic E-state index is 12.2. The third kappa shape index (κ3) is 2.74. The molecule has 0 spiro atoms. The lowest BCUT2D eigenvalue weighted by molar-refractivity contribution is -0.222. The van der Waals surface area contributed by atoms with Crippen LogP contribution in [-0.4, -0.2) is 22.8 Å². The molecule has 0 bridgehead atoms. The van der Waals surface area contributed by atoms with Gasteiger partial charge in [0.15, 0.2) is 0 Å². The Labute approximate surface area is 125 Å². The average molecular weight is 306 g/mol. The summed E-state index contributed by atoms with van der Waals surface area (Å²) in [6.07, 6.45) is 1.30. The summed E-state index contributed by atoms with van der Waals surface area (Å²) in [4.78, 5) is 23.7. The molecule has 2 unspecified atom stereocenters. The monoisotopic (exact) mass is 306 g/mol. The summed E-state index contributed by atoms with van der Waals surface area (Å²) in [6.45, 7) is 2.85. The standard InChI is InChI=1S/C14H14N2O6/c1-14(2)21-12(18)10(13(19)22-14)9(7(6-15)11(16)17)8-4-3-5-20-8/h3-5,7,9,18H,1-2H3,(H2,16,17). The Bertz CT molecular complexity index is 668. The zero-order valence-corrected chi connectivity index (χ0v) is 11.9. The fraction of sp³-hybridized carbons (Fsp3) is 0.357. The van der Waals surface area contributed by atoms with Crippen molar-refractivity contribution in [1.82, 2.24) is 0 Å². The van der Waals surface area contributed by atoms with Gasteiger partial charge in [0.1, 0.15) is 17.3 Å². The first-order chi connectivity index (χ1) is 10.3. The molecule has 8 nitrogen and oxygen atoms in total. The molecule has 2 heterocycles. The van der Waals surface area contributed by atoms with Gasteiger partial charge in [-0.15, -0.1) is 0 Å². The number of aliphatic hydroxyl groups is 1. The van der Waals surface area contributed by atoms with Gasteiger partial charge in [-0.2, -0.15) is 5.26 Å². The van der Waals surface area contributed by atoms with E-state index in [0.717, 1.165) is 0 Å². The largest absolute Gasteiger partial charge is 0.480 e. The van der Waals surface area contributed by atoms with E-state index in [1.54, 1.807) is 6.07 Å². The molecular formula is C14H14N2O6. The van der Waals surface area contributed by atoms with Crippen LogP contribution in [0.3, 0.4) is 0 Å². The normalized spacial score (nSPS) is 19.6. The molecule has 1 aromatic heterocycles. The van der Waals surface area contributed by atoms with Crippen molar-refractivity contribution in [2.24, 2.45) is 11.7 Å². The highest BCUT2D eigenvalue weighted by Gasteiger charge is 2.45. The first-order valence-electron chi connectivity index (χ1n) is 6.34. The van der Waals surface area contributed by atoms with Gasteiger partial charge in [-0.1, -0.05) is 0 Å². The lowest BCUT2D eigenvalue weighted by Gasteiger charge is -2.33. The Kier molecular flexibility index (Phi) is 3.82. The molecule has 0 radical (unpaired) electrons. The Balaban J connectivity index is 2.58. The number of nitrogens with two attached hydrogens (primary N) is 1. The fourth-order valence-electron chi connectivity index (χ4n) is 2.18. The van der Waals surface area contributed by atoms with Crippen molar-refractivity contribution in [1.29, 1.82) is 5.26 Å². The third-order valence-electron chi connectivity index (χ3n) is 3.07. The molecule has 1 aliphatic rings. The molecule has 2 atom stereocenters. The van der Waals surface area contributed by atoms with E-state index in [0.29, 0.717) is 0 Å². The van der Waals surface area contributed by atoms with Crippen molar-refractivity contribution < 1.29 is 28.6 Å². The molecule has 1 aromatic rings. The SMILES string of the molecule is CC1(C)OC(=O)C(C(c2ccco2)C(C#N)C(N)=O)=C(O)O1. The van der Waals surface area contributed by atoms with Crippen molar-refractivity contribution in [2.45, 2.75) is 25.6 Å². The predicted molar refractivity (Wildman–Crippen MR) is 70.7 cm³/mol. The Morgan fingerprint density at radius 2 is 2.14 bits per heavy atom. The van der Waals surface area contributed by atoms with Crippen LogP contribution in [-0.2, 0) is 19.1 Å². The van der Waals surface area contributed by atoms with Crippen molar-refractivity contribution in [3.63, 3.8) is 0 Å². The number of carbonyl (C=O) groups is 2. The van der Waals surface area contributed by atoms with Gasteiger partial charge in [0, 0.05) is 13.8 Å². The molecule has 0 saturated heterocycles. The Morgan fingerprint density at radius 3 is 2.59 bits per heavy atom. The van der Waals surface area contributed by atoms with Crippen molar-refractivity contribution in [3.8, 4) is 6.07 Å². The van der Waals surface area contributed by atoms with E-state index in [4.69, 9.17) is 19.6 Å². The van der Waals surface area contributed by atoms with E-state index in [-0.39, 0.29) is 11.3 Å². The van der Waals surface area contributed by atoms with E-state index in [1.165, 1.54) is 32.2 Å². The number of aliphatic hydroxyl groups excluding tert-OH is 1. The van der Waals surface area contributed by atoms with Gasteiger partial charge >= 0.3 is 5.97 Å². The van der Waals surface area contributed by atoms with Gasteiger partial charge < -0.3 is 24.7 Å². The van der Waals surface area contributed by atoms with Gasteiger partial charge in [0.25, 0.3) is 11.7 Å². The second-order valence-corrected chi connectivity index (χ2v) is 5.11. The average Bonchev–Trinajstić information content (AvgIpc) is 2.88. The summed E-state index contributed by atoms with van der Waals surface area (Å²) in [7, 11) is 0. The van der Waals surface area contributed by atoms with E-state index in [2.05, 4.69) is 0 Å². The number of nitrogens with zero attached hydrogens (tertiary/aromatic N) is 1. The highest BCUT2D eigenvalue weighted by Crippen LogP contribution is 2.38. The first-order valence-corrected chi connectivity index (χ1v) is 6.34. The van der Waals surface area contributed by atoms with Crippen molar-refractivity contribution >= 4 is 11.9 Å². The molecule has 1 aliphatic heterocycles. The fourth-order valence-corrected chi connectivity index (χ4v) is 2.18. The highest BCUT2D eigenvalue weighted by atomic mass is 16.8. The summed E-state index contributed by atoms with van der Waals surface area (Å²) >= 11 is 0. The molecule has 116 valence electrons. The number of amides is 1. The molecule has 0 saturated carbocycles. The van der Waals surface area contributed by atoms with Crippen LogP contribution in [0, 0.1) is 17.2 Å². The summed E-state index contributed by atoms with van der Waals surface area (Å²) in [6, 6.07) is 4.66. The molecule has 8 heteroatoms. The van der Waals surface area contributed by atoms with E-state index >= 15 is 0 Å². The molecule has 3 N–H and O–H groups in total. The van der Waals surface area contributed by atoms with Gasteiger partial charge in [0.2, 0.25) is 5.91 Å². The second kappa shape index (κ2) is 5.44. The van der Waals surface area contributed by atoms with Gasteiger partial charge in [-0.25, -0.2) is 4.79 Å². The summed E-state index contributed by atoms with van der Waals surface area (Å²) < 4.78 is 15.3. The van der Waals surface area contributed by atoms with Crippen LogP contribution in [0.25, 0.3) is 0 Å². The summed E-state index contributed by atoms with van der Waals surface area (Å²) in [5.41, 5.74) is 4.82. The van der Waals surface area contributed by atoms with Crippen LogP contribution in [0.1, 0.15) is 25.5 Å². The number of cyclic esters (lactones) is 1. The highest BCUT2D eigenvalue weighted by molar-refractivity contribution is 5.93. The maximum Gasteiger partial charge on any atom is 0.345 e. The predicted octanol–water partition coefficient (Wildman–Crippen LogP) is 1.07. The topological polar surface area (TPSA) is 136 Å². The molecule has 0 aromatic carbocycles. The van der Waals surface area contributed by atoms with Crippen LogP contribution in [0.2, 0.25) is 0 Å². The van der Waals surface area contributed by atoms with Crippen LogP contribution in [0.5, 0.6) is 0 Å². The number of carbonyl (C=O) groups excluding carboxylic acids is 2. The van der Waals surface area contributed by atoms with Crippen LogP contribution >= 0.6 is 0 Å². The molecule has 22 heavy (non-hydrogen) atoms. The quantitative estimate of drug-likeness (QED) is 0.794. The van der Waals surface area contributed by atoms with Gasteiger partial charge in [0.05, 0.1) is 18.3 Å².